The summed E-state index contributed by atoms with van der Waals surface area (Å²) in [6.07, 6.45) is 1.04. The molecule has 0 amide bonds. The predicted molar refractivity (Wildman–Crippen MR) is 130 cm³/mol. The predicted octanol–water partition coefficient (Wildman–Crippen LogP) is 4.18. The second-order valence-corrected chi connectivity index (χ2v) is 7.59. The van der Waals surface area contributed by atoms with Crippen LogP contribution in [0.25, 0.3) is 11.4 Å². The van der Waals surface area contributed by atoms with Gasteiger partial charge >= 0.3 is 0 Å². The van der Waals surface area contributed by atoms with Crippen molar-refractivity contribution in [1.82, 2.24) is 25.7 Å². The van der Waals surface area contributed by atoms with Crippen molar-refractivity contribution in [2.24, 2.45) is 4.99 Å². The number of halogens is 2. The lowest BCUT2D eigenvalue weighted by Crippen LogP contribution is -2.41. The zero-order valence-corrected chi connectivity index (χ0v) is 20.9. The molecular weight excluding hydrogens is 503 g/mol. The molecule has 9 heteroatoms. The fraction of sp³-hybridized carbons (Fsp3) is 0.550. The molecule has 2 aromatic rings. The fourth-order valence-corrected chi connectivity index (χ4v) is 3.22. The van der Waals surface area contributed by atoms with E-state index in [0.29, 0.717) is 41.3 Å². The number of guanidine groups is 1. The van der Waals surface area contributed by atoms with Crippen LogP contribution in [-0.2, 0) is 6.54 Å². The van der Waals surface area contributed by atoms with Gasteiger partial charge in [0.2, 0.25) is 11.7 Å². The number of nitrogens with one attached hydrogen (secondary N) is 2. The van der Waals surface area contributed by atoms with Crippen molar-refractivity contribution in [2.45, 2.75) is 52.7 Å². The average molecular weight is 535 g/mol. The van der Waals surface area contributed by atoms with Crippen molar-refractivity contribution in [1.29, 1.82) is 0 Å². The van der Waals surface area contributed by atoms with Crippen molar-refractivity contribution in [3.8, 4) is 11.4 Å². The van der Waals surface area contributed by atoms with Gasteiger partial charge in [-0.1, -0.05) is 28.9 Å². The first kappa shape index (κ1) is 25.6. The maximum atomic E-state index is 6.01. The van der Waals surface area contributed by atoms with Gasteiger partial charge in [0.1, 0.15) is 0 Å². The summed E-state index contributed by atoms with van der Waals surface area (Å²) < 4.78 is 5.31. The molecule has 162 valence electrons. The molecule has 0 unspecified atom stereocenters. The highest BCUT2D eigenvalue weighted by Gasteiger charge is 2.13. The zero-order chi connectivity index (χ0) is 20.5. The van der Waals surface area contributed by atoms with Gasteiger partial charge in [0.15, 0.2) is 5.96 Å². The molecule has 0 aliphatic rings. The summed E-state index contributed by atoms with van der Waals surface area (Å²) in [5.41, 5.74) is 0.824. The SMILES string of the molecule is CN=C(NCCCN(C(C)C)C(C)C)NCc1nc(-c2cccc(Cl)c2)no1.I. The molecular formula is C20H32ClIN6O. The number of hydrogen-bond acceptors (Lipinski definition) is 5. The number of benzene rings is 1. The van der Waals surface area contributed by atoms with E-state index in [1.54, 1.807) is 7.05 Å². The van der Waals surface area contributed by atoms with E-state index in [4.69, 9.17) is 16.1 Å². The molecule has 7 nitrogen and oxygen atoms in total. The Balaban J connectivity index is 0.00000420. The summed E-state index contributed by atoms with van der Waals surface area (Å²) in [5.74, 6) is 1.72. The van der Waals surface area contributed by atoms with Gasteiger partial charge in [-0.25, -0.2) is 0 Å². The number of nitrogens with zero attached hydrogens (tertiary/aromatic N) is 4. The Labute approximate surface area is 195 Å². The van der Waals surface area contributed by atoms with Crippen molar-refractivity contribution in [3.05, 3.63) is 35.2 Å². The second kappa shape index (κ2) is 13.0. The van der Waals surface area contributed by atoms with E-state index in [9.17, 15) is 0 Å². The molecule has 0 bridgehead atoms. The minimum absolute atomic E-state index is 0. The smallest absolute Gasteiger partial charge is 0.246 e. The van der Waals surface area contributed by atoms with E-state index in [2.05, 4.69) is 58.4 Å². The average Bonchev–Trinajstić information content (AvgIpc) is 3.12. The molecule has 0 spiro atoms. The summed E-state index contributed by atoms with van der Waals surface area (Å²) in [6.45, 7) is 11.2. The Bertz CT molecular complexity index is 757. The molecule has 1 heterocycles. The van der Waals surface area contributed by atoms with E-state index in [1.807, 2.05) is 24.3 Å². The highest BCUT2D eigenvalue weighted by Crippen LogP contribution is 2.19. The first-order valence-electron chi connectivity index (χ1n) is 9.69. The summed E-state index contributed by atoms with van der Waals surface area (Å²) >= 11 is 6.01. The summed E-state index contributed by atoms with van der Waals surface area (Å²) in [6, 6.07) is 8.46. The Hall–Kier alpha value is -1.39. The van der Waals surface area contributed by atoms with E-state index < -0.39 is 0 Å². The molecule has 0 atom stereocenters. The lowest BCUT2D eigenvalue weighted by molar-refractivity contribution is 0.173. The molecule has 2 N–H and O–H groups in total. The molecule has 1 aromatic heterocycles. The quantitative estimate of drug-likeness (QED) is 0.217. The molecule has 0 saturated heterocycles. The van der Waals surface area contributed by atoms with Crippen molar-refractivity contribution < 1.29 is 4.52 Å². The topological polar surface area (TPSA) is 78.6 Å². The number of aliphatic imine (C=N–C) groups is 1. The monoisotopic (exact) mass is 534 g/mol. The molecule has 0 aliphatic carbocycles. The van der Waals surface area contributed by atoms with Crippen molar-refractivity contribution >= 4 is 41.5 Å². The van der Waals surface area contributed by atoms with Gasteiger partial charge in [-0.05, 0) is 46.2 Å². The second-order valence-electron chi connectivity index (χ2n) is 7.15. The van der Waals surface area contributed by atoms with Crippen LogP contribution in [0.4, 0.5) is 0 Å². The van der Waals surface area contributed by atoms with Crippen LogP contribution in [0.15, 0.2) is 33.8 Å². The molecule has 0 radical (unpaired) electrons. The maximum Gasteiger partial charge on any atom is 0.246 e. The first-order valence-corrected chi connectivity index (χ1v) is 10.1. The molecule has 1 aromatic carbocycles. The first-order chi connectivity index (χ1) is 13.4. The minimum atomic E-state index is 0. The summed E-state index contributed by atoms with van der Waals surface area (Å²) in [4.78, 5) is 11.1. The number of hydrogen-bond donors (Lipinski definition) is 2. The van der Waals surface area contributed by atoms with Crippen LogP contribution in [0.2, 0.25) is 5.02 Å². The zero-order valence-electron chi connectivity index (χ0n) is 17.8. The largest absolute Gasteiger partial charge is 0.356 e. The van der Waals surface area contributed by atoms with Gasteiger partial charge in [-0.2, -0.15) is 4.98 Å². The van der Waals surface area contributed by atoms with Crippen LogP contribution in [0.3, 0.4) is 0 Å². The maximum absolute atomic E-state index is 6.01. The summed E-state index contributed by atoms with van der Waals surface area (Å²) in [7, 11) is 1.75. The molecule has 0 saturated carbocycles. The molecule has 2 rings (SSSR count). The van der Waals surface area contributed by atoms with Crippen LogP contribution in [-0.4, -0.2) is 53.2 Å². The summed E-state index contributed by atoms with van der Waals surface area (Å²) in [5, 5.41) is 11.2. The van der Waals surface area contributed by atoms with Gasteiger partial charge in [0.05, 0.1) is 6.54 Å². The lowest BCUT2D eigenvalue weighted by Gasteiger charge is -2.30. The third-order valence-corrected chi connectivity index (χ3v) is 4.63. The Morgan fingerprint density at radius 2 is 1.93 bits per heavy atom. The van der Waals surface area contributed by atoms with Gasteiger partial charge in [0, 0.05) is 42.8 Å². The van der Waals surface area contributed by atoms with E-state index in [1.165, 1.54) is 0 Å². The van der Waals surface area contributed by atoms with Crippen LogP contribution in [0.1, 0.15) is 40.0 Å². The van der Waals surface area contributed by atoms with E-state index in [-0.39, 0.29) is 24.0 Å². The van der Waals surface area contributed by atoms with Crippen LogP contribution >= 0.6 is 35.6 Å². The highest BCUT2D eigenvalue weighted by molar-refractivity contribution is 14.0. The lowest BCUT2D eigenvalue weighted by atomic mass is 10.2. The number of aromatic nitrogens is 2. The van der Waals surface area contributed by atoms with E-state index >= 15 is 0 Å². The Kier molecular flexibility index (Phi) is 11.5. The highest BCUT2D eigenvalue weighted by atomic mass is 127. The number of rotatable bonds is 9. The van der Waals surface area contributed by atoms with Crippen molar-refractivity contribution in [3.63, 3.8) is 0 Å². The van der Waals surface area contributed by atoms with Crippen molar-refractivity contribution in [2.75, 3.05) is 20.1 Å². The van der Waals surface area contributed by atoms with Crippen LogP contribution < -0.4 is 10.6 Å². The Morgan fingerprint density at radius 1 is 1.21 bits per heavy atom. The molecule has 0 fully saturated rings. The van der Waals surface area contributed by atoms with Gasteiger partial charge in [-0.3, -0.25) is 9.89 Å². The van der Waals surface area contributed by atoms with Crippen LogP contribution in [0.5, 0.6) is 0 Å². The fourth-order valence-electron chi connectivity index (χ4n) is 3.03. The van der Waals surface area contributed by atoms with E-state index in [0.717, 1.165) is 25.1 Å². The van der Waals surface area contributed by atoms with Gasteiger partial charge in [-0.15, -0.1) is 24.0 Å². The molecule has 29 heavy (non-hydrogen) atoms. The Morgan fingerprint density at radius 3 is 2.55 bits per heavy atom. The molecule has 0 aliphatic heterocycles. The van der Waals surface area contributed by atoms with Crippen LogP contribution in [0, 0.1) is 0 Å². The standard InChI is InChI=1S/C20H31ClN6O.HI/c1-14(2)27(15(3)4)11-7-10-23-20(22-5)24-13-18-25-19(26-28-18)16-8-6-9-17(21)12-16;/h6,8-9,12,14-15H,7,10-11,13H2,1-5H3,(H2,22,23,24);1H. The van der Waals surface area contributed by atoms with Gasteiger partial charge < -0.3 is 15.2 Å². The minimum Gasteiger partial charge on any atom is -0.356 e. The third-order valence-electron chi connectivity index (χ3n) is 4.39. The normalized spacial score (nSPS) is 11.8. The van der Waals surface area contributed by atoms with Gasteiger partial charge in [0.25, 0.3) is 0 Å². The third kappa shape index (κ3) is 8.47.